The summed E-state index contributed by atoms with van der Waals surface area (Å²) < 4.78 is 19.9. The Balaban J connectivity index is 1.33. The van der Waals surface area contributed by atoms with Gasteiger partial charge in [0.15, 0.2) is 0 Å². The lowest BCUT2D eigenvalue weighted by atomic mass is 9.67. The second-order valence-corrected chi connectivity index (χ2v) is 12.0. The van der Waals surface area contributed by atoms with Gasteiger partial charge in [-0.25, -0.2) is 4.39 Å². The lowest BCUT2D eigenvalue weighted by Gasteiger charge is -2.38. The van der Waals surface area contributed by atoms with Crippen molar-refractivity contribution >= 4 is 5.97 Å². The number of hydrogen-bond donors (Lipinski definition) is 0. The third-order valence-electron chi connectivity index (χ3n) is 9.16. The van der Waals surface area contributed by atoms with E-state index in [2.05, 4.69) is 13.8 Å². The Hall–Kier alpha value is -1.38. The van der Waals surface area contributed by atoms with Crippen LogP contribution in [-0.4, -0.2) is 5.97 Å². The van der Waals surface area contributed by atoms with E-state index in [1.54, 1.807) is 12.1 Å². The van der Waals surface area contributed by atoms with Gasteiger partial charge < -0.3 is 4.74 Å². The van der Waals surface area contributed by atoms with Gasteiger partial charge in [-0.15, -0.1) is 0 Å². The highest BCUT2D eigenvalue weighted by Gasteiger charge is 2.31. The molecule has 0 spiro atoms. The van der Waals surface area contributed by atoms with Crippen molar-refractivity contribution in [3.05, 3.63) is 29.6 Å². The molecule has 2 fully saturated rings. The van der Waals surface area contributed by atoms with Crippen LogP contribution in [0.15, 0.2) is 18.2 Å². The van der Waals surface area contributed by atoms with E-state index in [1.807, 2.05) is 0 Å². The highest BCUT2D eigenvalue weighted by Crippen LogP contribution is 2.43. The number of unbranched alkanes of at least 4 members (excludes halogenated alkanes) is 6. The zero-order chi connectivity index (χ0) is 25.6. The summed E-state index contributed by atoms with van der Waals surface area (Å²) in [6, 6.07) is 4.92. The Bertz CT molecular complexity index is 752. The summed E-state index contributed by atoms with van der Waals surface area (Å²) in [5.74, 6) is 3.28. The maximum Gasteiger partial charge on any atom is 0.311 e. The van der Waals surface area contributed by atoms with E-state index >= 15 is 0 Å². The first kappa shape index (κ1) is 29.2. The molecule has 0 heterocycles. The van der Waals surface area contributed by atoms with Gasteiger partial charge in [-0.2, -0.15) is 0 Å². The first-order valence-electron chi connectivity index (χ1n) is 15.6. The number of ether oxygens (including phenoxy) is 1. The van der Waals surface area contributed by atoms with Gasteiger partial charge in [-0.05, 0) is 73.8 Å². The van der Waals surface area contributed by atoms with Crippen LogP contribution in [0, 0.1) is 29.5 Å². The average Bonchev–Trinajstić information content (AvgIpc) is 2.89. The van der Waals surface area contributed by atoms with E-state index in [4.69, 9.17) is 4.74 Å². The Labute approximate surface area is 221 Å². The fourth-order valence-corrected chi connectivity index (χ4v) is 6.87. The molecule has 36 heavy (non-hydrogen) atoms. The van der Waals surface area contributed by atoms with Gasteiger partial charge >= 0.3 is 5.97 Å². The maximum atomic E-state index is 14.4. The summed E-state index contributed by atoms with van der Waals surface area (Å²) in [4.78, 5) is 12.5. The van der Waals surface area contributed by atoms with Gasteiger partial charge in [-0.3, -0.25) is 4.79 Å². The summed E-state index contributed by atoms with van der Waals surface area (Å²) >= 11 is 0. The predicted octanol–water partition coefficient (Wildman–Crippen LogP) is 10.2. The number of aryl methyl sites for hydroxylation is 1. The lowest BCUT2D eigenvalue weighted by Crippen LogP contribution is -2.27. The molecule has 2 aliphatic carbocycles. The summed E-state index contributed by atoms with van der Waals surface area (Å²) in [7, 11) is 0. The van der Waals surface area contributed by atoms with Crippen LogP contribution in [0.25, 0.3) is 0 Å². The Morgan fingerprint density at radius 2 is 1.58 bits per heavy atom. The van der Waals surface area contributed by atoms with Crippen molar-refractivity contribution in [1.29, 1.82) is 0 Å². The molecule has 204 valence electrons. The molecule has 0 saturated heterocycles. The van der Waals surface area contributed by atoms with Crippen LogP contribution in [0.3, 0.4) is 0 Å². The highest BCUT2D eigenvalue weighted by atomic mass is 19.1. The molecule has 0 radical (unpaired) electrons. The van der Waals surface area contributed by atoms with Gasteiger partial charge in [0.2, 0.25) is 0 Å². The highest BCUT2D eigenvalue weighted by molar-refractivity contribution is 5.72. The lowest BCUT2D eigenvalue weighted by molar-refractivity contribution is -0.134. The number of carbonyl (C=O) groups is 1. The Morgan fingerprint density at radius 3 is 2.33 bits per heavy atom. The smallest absolute Gasteiger partial charge is 0.311 e. The molecule has 0 N–H and O–H groups in total. The number of esters is 1. The minimum Gasteiger partial charge on any atom is -0.426 e. The van der Waals surface area contributed by atoms with Crippen molar-refractivity contribution in [2.24, 2.45) is 23.7 Å². The number of halogens is 1. The van der Waals surface area contributed by atoms with Crippen LogP contribution in [0.4, 0.5) is 4.39 Å². The van der Waals surface area contributed by atoms with E-state index in [0.717, 1.165) is 55.4 Å². The summed E-state index contributed by atoms with van der Waals surface area (Å²) in [5.41, 5.74) is 0.720. The number of benzene rings is 1. The number of carbonyl (C=O) groups excluding carboxylic acids is 1. The fraction of sp³-hybridized carbons (Fsp3) is 0.788. The second-order valence-electron chi connectivity index (χ2n) is 12.0. The van der Waals surface area contributed by atoms with Crippen molar-refractivity contribution in [1.82, 2.24) is 0 Å². The van der Waals surface area contributed by atoms with Gasteiger partial charge in [-0.1, -0.05) is 103 Å². The van der Waals surface area contributed by atoms with Gasteiger partial charge in [0.1, 0.15) is 11.6 Å². The molecule has 2 aliphatic rings. The SMILES string of the molecule is CCCCCCC[C@H]1CC[C@H]([C@H]2CCCC(CCC(=O)Oc3ccc(CCCCC)c(F)c3)C2)CC1. The minimum absolute atomic E-state index is 0.213. The maximum absolute atomic E-state index is 14.4. The molecule has 3 rings (SSSR count). The molecule has 1 unspecified atom stereocenters. The molecule has 1 aromatic carbocycles. The first-order valence-corrected chi connectivity index (χ1v) is 15.6. The van der Waals surface area contributed by atoms with Crippen molar-refractivity contribution in [2.75, 3.05) is 0 Å². The standard InChI is InChI=1S/C33H53FO2/c1-3-5-7-8-10-12-26-16-19-28(20-17-26)30-15-11-13-27(24-30)18-23-33(35)36-31-22-21-29(32(34)25-31)14-9-6-4-2/h21-22,25-28,30H,3-20,23-24H2,1-2H3/t26-,27?,28-,30-/m0/s1. The van der Waals surface area contributed by atoms with Gasteiger partial charge in [0.25, 0.3) is 0 Å². The molecule has 0 amide bonds. The third kappa shape index (κ3) is 10.2. The largest absolute Gasteiger partial charge is 0.426 e. The van der Waals surface area contributed by atoms with Crippen LogP contribution in [0.5, 0.6) is 5.75 Å². The quantitative estimate of drug-likeness (QED) is 0.136. The van der Waals surface area contributed by atoms with Crippen molar-refractivity contribution in [3.63, 3.8) is 0 Å². The molecule has 2 saturated carbocycles. The minimum atomic E-state index is -0.252. The molecule has 1 aromatic rings. The van der Waals surface area contributed by atoms with Crippen LogP contribution < -0.4 is 4.74 Å². The summed E-state index contributed by atoms with van der Waals surface area (Å²) in [6.07, 6.45) is 24.8. The van der Waals surface area contributed by atoms with Crippen molar-refractivity contribution < 1.29 is 13.9 Å². The predicted molar refractivity (Wildman–Crippen MR) is 149 cm³/mol. The normalized spacial score (nSPS) is 24.5. The number of hydrogen-bond acceptors (Lipinski definition) is 2. The van der Waals surface area contributed by atoms with E-state index in [0.29, 0.717) is 18.1 Å². The van der Waals surface area contributed by atoms with E-state index < -0.39 is 0 Å². The van der Waals surface area contributed by atoms with E-state index in [1.165, 1.54) is 96.0 Å². The van der Waals surface area contributed by atoms with E-state index in [-0.39, 0.29) is 11.8 Å². The molecule has 2 atom stereocenters. The molecule has 2 nitrogen and oxygen atoms in total. The van der Waals surface area contributed by atoms with Gasteiger partial charge in [0.05, 0.1) is 0 Å². The molecular weight excluding hydrogens is 447 g/mol. The van der Waals surface area contributed by atoms with Gasteiger partial charge in [0, 0.05) is 12.5 Å². The van der Waals surface area contributed by atoms with E-state index in [9.17, 15) is 9.18 Å². The topological polar surface area (TPSA) is 26.3 Å². The summed E-state index contributed by atoms with van der Waals surface area (Å²) in [5, 5.41) is 0. The Morgan fingerprint density at radius 1 is 0.833 bits per heavy atom. The Kier molecular flexibility index (Phi) is 13.3. The third-order valence-corrected chi connectivity index (χ3v) is 9.16. The monoisotopic (exact) mass is 500 g/mol. The van der Waals surface area contributed by atoms with Crippen LogP contribution in [-0.2, 0) is 11.2 Å². The molecule has 0 aromatic heterocycles. The zero-order valence-electron chi connectivity index (χ0n) is 23.4. The molecule has 0 aliphatic heterocycles. The molecular formula is C33H53FO2. The first-order chi connectivity index (χ1) is 17.6. The second kappa shape index (κ2) is 16.5. The van der Waals surface area contributed by atoms with Crippen LogP contribution in [0.2, 0.25) is 0 Å². The molecule has 3 heteroatoms. The molecule has 0 bridgehead atoms. The average molecular weight is 501 g/mol. The van der Waals surface area contributed by atoms with Crippen molar-refractivity contribution in [3.8, 4) is 5.75 Å². The van der Waals surface area contributed by atoms with Crippen LogP contribution in [0.1, 0.15) is 141 Å². The van der Waals surface area contributed by atoms with Crippen LogP contribution >= 0.6 is 0 Å². The fourth-order valence-electron chi connectivity index (χ4n) is 6.87. The number of rotatable bonds is 15. The summed E-state index contributed by atoms with van der Waals surface area (Å²) in [6.45, 7) is 4.44. The van der Waals surface area contributed by atoms with Crippen molar-refractivity contribution in [2.45, 2.75) is 142 Å². The zero-order valence-corrected chi connectivity index (χ0v) is 23.4.